The molecule has 1 amide bonds. The monoisotopic (exact) mass is 238 g/mol. The molecule has 2 rings (SSSR count). The van der Waals surface area contributed by atoms with Gasteiger partial charge in [-0.15, -0.1) is 0 Å². The van der Waals surface area contributed by atoms with Gasteiger partial charge in [0, 0.05) is 19.1 Å². The van der Waals surface area contributed by atoms with E-state index >= 15 is 0 Å². The van der Waals surface area contributed by atoms with Crippen LogP contribution in [0.5, 0.6) is 0 Å². The van der Waals surface area contributed by atoms with E-state index in [0.717, 1.165) is 32.5 Å². The summed E-state index contributed by atoms with van der Waals surface area (Å²) in [6, 6.07) is 0.351. The number of hydrogen-bond donors (Lipinski definition) is 1. The molecule has 0 saturated carbocycles. The molecule has 0 spiro atoms. The van der Waals surface area contributed by atoms with Crippen molar-refractivity contribution >= 4 is 5.91 Å². The van der Waals surface area contributed by atoms with Gasteiger partial charge in [-0.05, 0) is 44.6 Å². The first kappa shape index (κ1) is 12.9. The molecule has 2 saturated heterocycles. The van der Waals surface area contributed by atoms with E-state index in [4.69, 9.17) is 0 Å². The highest BCUT2D eigenvalue weighted by Crippen LogP contribution is 2.25. The fourth-order valence-electron chi connectivity index (χ4n) is 3.46. The predicted octanol–water partition coefficient (Wildman–Crippen LogP) is 1.88. The predicted molar refractivity (Wildman–Crippen MR) is 69.7 cm³/mol. The van der Waals surface area contributed by atoms with E-state index in [-0.39, 0.29) is 5.92 Å². The summed E-state index contributed by atoms with van der Waals surface area (Å²) in [5.41, 5.74) is 0. The van der Waals surface area contributed by atoms with Crippen LogP contribution in [0.4, 0.5) is 0 Å². The average Bonchev–Trinajstić information content (AvgIpc) is 2.27. The Morgan fingerprint density at radius 2 is 1.82 bits per heavy atom. The minimum atomic E-state index is 0.209. The number of rotatable bonds is 1. The molecule has 3 heteroatoms. The summed E-state index contributed by atoms with van der Waals surface area (Å²) in [7, 11) is 0. The van der Waals surface area contributed by atoms with Gasteiger partial charge in [-0.1, -0.05) is 13.8 Å². The van der Waals surface area contributed by atoms with Gasteiger partial charge < -0.3 is 10.2 Å². The summed E-state index contributed by atoms with van der Waals surface area (Å²) in [4.78, 5) is 14.7. The average molecular weight is 238 g/mol. The van der Waals surface area contributed by atoms with Gasteiger partial charge in [-0.2, -0.15) is 0 Å². The molecule has 4 atom stereocenters. The Bertz CT molecular complexity index is 269. The normalized spacial score (nSPS) is 39.1. The van der Waals surface area contributed by atoms with Gasteiger partial charge in [0.05, 0.1) is 5.92 Å². The molecule has 2 heterocycles. The Hall–Kier alpha value is -0.570. The van der Waals surface area contributed by atoms with Crippen molar-refractivity contribution in [3.8, 4) is 0 Å². The molecule has 2 fully saturated rings. The molecule has 0 aromatic carbocycles. The zero-order valence-electron chi connectivity index (χ0n) is 11.4. The zero-order chi connectivity index (χ0) is 12.4. The van der Waals surface area contributed by atoms with Crippen molar-refractivity contribution in [2.45, 2.75) is 46.1 Å². The summed E-state index contributed by atoms with van der Waals surface area (Å²) < 4.78 is 0. The van der Waals surface area contributed by atoms with Crippen LogP contribution < -0.4 is 5.32 Å². The second kappa shape index (κ2) is 5.38. The molecule has 0 radical (unpaired) electrons. The second-order valence-electron chi connectivity index (χ2n) is 6.18. The molecule has 0 aromatic heterocycles. The Balaban J connectivity index is 1.98. The molecule has 0 aliphatic carbocycles. The maximum atomic E-state index is 12.5. The molecule has 2 aliphatic heterocycles. The summed E-state index contributed by atoms with van der Waals surface area (Å²) in [6.45, 7) is 9.67. The van der Waals surface area contributed by atoms with Gasteiger partial charge in [0.25, 0.3) is 0 Å². The van der Waals surface area contributed by atoms with Crippen LogP contribution in [0.3, 0.4) is 0 Å². The van der Waals surface area contributed by atoms with Crippen LogP contribution >= 0.6 is 0 Å². The van der Waals surface area contributed by atoms with Crippen molar-refractivity contribution in [3.63, 3.8) is 0 Å². The number of carbonyl (C=O) groups excluding carboxylic acids is 1. The Morgan fingerprint density at radius 1 is 1.18 bits per heavy atom. The molecule has 98 valence electrons. The van der Waals surface area contributed by atoms with Crippen LogP contribution in [0.2, 0.25) is 0 Å². The second-order valence-corrected chi connectivity index (χ2v) is 6.18. The van der Waals surface area contributed by atoms with Gasteiger partial charge >= 0.3 is 0 Å². The molecule has 4 unspecified atom stereocenters. The number of likely N-dealkylation sites (tertiary alicyclic amines) is 1. The van der Waals surface area contributed by atoms with Crippen LogP contribution in [-0.4, -0.2) is 36.5 Å². The fourth-order valence-corrected chi connectivity index (χ4v) is 3.46. The minimum Gasteiger partial charge on any atom is -0.342 e. The maximum absolute atomic E-state index is 12.5. The molecule has 0 bridgehead atoms. The van der Waals surface area contributed by atoms with Gasteiger partial charge in [-0.3, -0.25) is 4.79 Å². The van der Waals surface area contributed by atoms with Gasteiger partial charge in [-0.25, -0.2) is 0 Å². The molecule has 17 heavy (non-hydrogen) atoms. The van der Waals surface area contributed by atoms with E-state index in [1.54, 1.807) is 0 Å². The number of amides is 1. The lowest BCUT2D eigenvalue weighted by Crippen LogP contribution is -2.51. The van der Waals surface area contributed by atoms with Crippen molar-refractivity contribution < 1.29 is 4.79 Å². The summed E-state index contributed by atoms with van der Waals surface area (Å²) in [5.74, 6) is 1.92. The molecule has 2 aliphatic rings. The van der Waals surface area contributed by atoms with Gasteiger partial charge in [0.1, 0.15) is 0 Å². The lowest BCUT2D eigenvalue weighted by Gasteiger charge is -2.39. The van der Waals surface area contributed by atoms with Crippen molar-refractivity contribution in [3.05, 3.63) is 0 Å². The SMILES string of the molecule is CC1CC(C)CN(C(=O)C2CCCNC2C)C1. The van der Waals surface area contributed by atoms with Crippen molar-refractivity contribution in [2.75, 3.05) is 19.6 Å². The summed E-state index contributed by atoms with van der Waals surface area (Å²) >= 11 is 0. The maximum Gasteiger partial charge on any atom is 0.227 e. The van der Waals surface area contributed by atoms with E-state index in [0.29, 0.717) is 23.8 Å². The third kappa shape index (κ3) is 3.01. The highest BCUT2D eigenvalue weighted by Gasteiger charge is 2.33. The Kier molecular flexibility index (Phi) is 4.08. The molecule has 0 aromatic rings. The van der Waals surface area contributed by atoms with E-state index in [1.165, 1.54) is 6.42 Å². The molecule has 3 nitrogen and oxygen atoms in total. The number of hydrogen-bond acceptors (Lipinski definition) is 2. The van der Waals surface area contributed by atoms with Gasteiger partial charge in [0.2, 0.25) is 5.91 Å². The van der Waals surface area contributed by atoms with E-state index < -0.39 is 0 Å². The standard InChI is InChI=1S/C14H26N2O/c1-10-7-11(2)9-16(8-10)14(17)13-5-4-6-15-12(13)3/h10-13,15H,4-9H2,1-3H3. The first-order chi connectivity index (χ1) is 8.08. The zero-order valence-corrected chi connectivity index (χ0v) is 11.4. The van der Waals surface area contributed by atoms with E-state index in [9.17, 15) is 4.79 Å². The van der Waals surface area contributed by atoms with E-state index in [2.05, 4.69) is 31.0 Å². The van der Waals surface area contributed by atoms with Crippen LogP contribution in [0, 0.1) is 17.8 Å². The van der Waals surface area contributed by atoms with Crippen LogP contribution in [0.15, 0.2) is 0 Å². The quantitative estimate of drug-likeness (QED) is 0.756. The first-order valence-corrected chi connectivity index (χ1v) is 7.10. The lowest BCUT2D eigenvalue weighted by atomic mass is 9.87. The fraction of sp³-hybridized carbons (Fsp3) is 0.929. The van der Waals surface area contributed by atoms with Gasteiger partial charge in [0.15, 0.2) is 0 Å². The molecule has 1 N–H and O–H groups in total. The number of carbonyl (C=O) groups is 1. The van der Waals surface area contributed by atoms with Crippen LogP contribution in [0.25, 0.3) is 0 Å². The number of nitrogens with zero attached hydrogens (tertiary/aromatic N) is 1. The summed E-state index contributed by atoms with van der Waals surface area (Å²) in [5, 5.41) is 3.43. The van der Waals surface area contributed by atoms with Crippen molar-refractivity contribution in [1.82, 2.24) is 10.2 Å². The van der Waals surface area contributed by atoms with Crippen molar-refractivity contribution in [1.29, 1.82) is 0 Å². The third-order valence-electron chi connectivity index (χ3n) is 4.26. The smallest absolute Gasteiger partial charge is 0.227 e. The first-order valence-electron chi connectivity index (χ1n) is 7.10. The van der Waals surface area contributed by atoms with Crippen molar-refractivity contribution in [2.24, 2.45) is 17.8 Å². The number of nitrogens with one attached hydrogen (secondary N) is 1. The Labute approximate surface area is 105 Å². The topological polar surface area (TPSA) is 32.3 Å². The summed E-state index contributed by atoms with van der Waals surface area (Å²) in [6.07, 6.45) is 3.47. The molecular formula is C14H26N2O. The van der Waals surface area contributed by atoms with Crippen LogP contribution in [0.1, 0.15) is 40.0 Å². The molecular weight excluding hydrogens is 212 g/mol. The highest BCUT2D eigenvalue weighted by molar-refractivity contribution is 5.79. The Morgan fingerprint density at radius 3 is 2.41 bits per heavy atom. The minimum absolute atomic E-state index is 0.209. The van der Waals surface area contributed by atoms with E-state index in [1.807, 2.05) is 0 Å². The largest absolute Gasteiger partial charge is 0.342 e. The van der Waals surface area contributed by atoms with Crippen LogP contribution in [-0.2, 0) is 4.79 Å². The lowest BCUT2D eigenvalue weighted by molar-refractivity contribution is -0.140. The third-order valence-corrected chi connectivity index (χ3v) is 4.26. The number of piperidine rings is 2. The highest BCUT2D eigenvalue weighted by atomic mass is 16.2.